The molecule has 1 saturated heterocycles. The molecule has 1 aromatic heterocycles. The second-order valence-electron chi connectivity index (χ2n) is 6.15. The van der Waals surface area contributed by atoms with Crippen LogP contribution < -0.4 is 0 Å². The van der Waals surface area contributed by atoms with E-state index >= 15 is 0 Å². The lowest BCUT2D eigenvalue weighted by atomic mass is 10.0. The predicted molar refractivity (Wildman–Crippen MR) is 86.3 cm³/mol. The van der Waals surface area contributed by atoms with Crippen molar-refractivity contribution in [1.82, 2.24) is 20.0 Å². The zero-order valence-electron chi connectivity index (χ0n) is 13.2. The van der Waals surface area contributed by atoms with Crippen LogP contribution in [0.4, 0.5) is 0 Å². The number of hydrogen-bond acceptors (Lipinski definition) is 3. The van der Waals surface area contributed by atoms with Crippen LogP contribution in [0, 0.1) is 13.8 Å². The Morgan fingerprint density at radius 1 is 1.10 bits per heavy atom. The van der Waals surface area contributed by atoms with E-state index in [0.29, 0.717) is 0 Å². The van der Waals surface area contributed by atoms with Gasteiger partial charge in [-0.05, 0) is 38.1 Å². The summed E-state index contributed by atoms with van der Waals surface area (Å²) in [5.41, 5.74) is 6.35. The number of aryl methyl sites for hydroxylation is 2. The zero-order valence-corrected chi connectivity index (χ0v) is 13.2. The van der Waals surface area contributed by atoms with Crippen molar-refractivity contribution in [2.24, 2.45) is 0 Å². The topological polar surface area (TPSA) is 35.2 Å². The molecule has 0 radical (unpaired) electrons. The molecule has 2 aromatic rings. The molecule has 0 bridgehead atoms. The van der Waals surface area contributed by atoms with Crippen molar-refractivity contribution in [3.05, 3.63) is 41.1 Å². The Morgan fingerprint density at radius 2 is 1.86 bits per heavy atom. The van der Waals surface area contributed by atoms with Gasteiger partial charge in [0.1, 0.15) is 0 Å². The van der Waals surface area contributed by atoms with Crippen LogP contribution in [0.2, 0.25) is 0 Å². The van der Waals surface area contributed by atoms with Gasteiger partial charge in [-0.3, -0.25) is 10.00 Å². The third kappa shape index (κ3) is 3.17. The lowest BCUT2D eigenvalue weighted by Gasteiger charge is -2.32. The molecule has 21 heavy (non-hydrogen) atoms. The van der Waals surface area contributed by atoms with Crippen molar-refractivity contribution >= 4 is 0 Å². The van der Waals surface area contributed by atoms with Crippen molar-refractivity contribution in [3.8, 4) is 11.3 Å². The first-order valence-electron chi connectivity index (χ1n) is 7.64. The van der Waals surface area contributed by atoms with Gasteiger partial charge in [0.15, 0.2) is 0 Å². The van der Waals surface area contributed by atoms with Crippen LogP contribution in [0.15, 0.2) is 24.4 Å². The van der Waals surface area contributed by atoms with Gasteiger partial charge in [0.2, 0.25) is 0 Å². The van der Waals surface area contributed by atoms with Gasteiger partial charge in [-0.2, -0.15) is 5.10 Å². The normalized spacial score (nSPS) is 17.3. The summed E-state index contributed by atoms with van der Waals surface area (Å²) < 4.78 is 0. The van der Waals surface area contributed by atoms with Crippen molar-refractivity contribution in [1.29, 1.82) is 0 Å². The number of likely N-dealkylation sites (N-methyl/N-ethyl adjacent to an activating group) is 1. The molecule has 0 aliphatic carbocycles. The largest absolute Gasteiger partial charge is 0.304 e. The Kier molecular flexibility index (Phi) is 4.08. The van der Waals surface area contributed by atoms with E-state index in [4.69, 9.17) is 0 Å². The van der Waals surface area contributed by atoms with E-state index in [1.165, 1.54) is 22.3 Å². The van der Waals surface area contributed by atoms with Crippen LogP contribution in [0.25, 0.3) is 11.3 Å². The van der Waals surface area contributed by atoms with Gasteiger partial charge in [-0.1, -0.05) is 12.1 Å². The monoisotopic (exact) mass is 284 g/mol. The maximum absolute atomic E-state index is 4.27. The molecule has 0 amide bonds. The van der Waals surface area contributed by atoms with Crippen LogP contribution in [-0.4, -0.2) is 53.2 Å². The first-order valence-corrected chi connectivity index (χ1v) is 7.64. The van der Waals surface area contributed by atoms with E-state index in [1.807, 2.05) is 6.20 Å². The summed E-state index contributed by atoms with van der Waals surface area (Å²) in [4.78, 5) is 4.89. The van der Waals surface area contributed by atoms with Gasteiger partial charge >= 0.3 is 0 Å². The molecule has 0 saturated carbocycles. The third-order valence-corrected chi connectivity index (χ3v) is 4.50. The molecule has 1 aliphatic heterocycles. The summed E-state index contributed by atoms with van der Waals surface area (Å²) in [6, 6.07) is 6.62. The Labute approximate surface area is 126 Å². The van der Waals surface area contributed by atoms with E-state index in [2.05, 4.69) is 59.1 Å². The zero-order chi connectivity index (χ0) is 14.8. The fraction of sp³-hybridized carbons (Fsp3) is 0.471. The number of benzene rings is 1. The predicted octanol–water partition coefficient (Wildman–Crippen LogP) is 2.44. The first-order chi connectivity index (χ1) is 10.1. The minimum absolute atomic E-state index is 0.979. The molecule has 1 aliphatic rings. The van der Waals surface area contributed by atoms with E-state index in [9.17, 15) is 0 Å². The fourth-order valence-electron chi connectivity index (χ4n) is 2.82. The van der Waals surface area contributed by atoms with Crippen LogP contribution in [0.1, 0.15) is 16.7 Å². The summed E-state index contributed by atoms with van der Waals surface area (Å²) in [5.74, 6) is 0. The second-order valence-corrected chi connectivity index (χ2v) is 6.15. The maximum atomic E-state index is 4.27. The molecule has 2 heterocycles. The molecular formula is C17H24N4. The lowest BCUT2D eigenvalue weighted by molar-refractivity contribution is 0.148. The van der Waals surface area contributed by atoms with Gasteiger partial charge in [0, 0.05) is 43.9 Å². The van der Waals surface area contributed by atoms with Gasteiger partial charge in [-0.25, -0.2) is 0 Å². The maximum Gasteiger partial charge on any atom is 0.0695 e. The molecule has 0 spiro atoms. The SMILES string of the molecule is Cc1ccc(-c2[nH]ncc2CN2CCN(C)CC2)cc1C. The van der Waals surface area contributed by atoms with E-state index in [-0.39, 0.29) is 0 Å². The Morgan fingerprint density at radius 3 is 2.57 bits per heavy atom. The van der Waals surface area contributed by atoms with E-state index < -0.39 is 0 Å². The number of rotatable bonds is 3. The molecular weight excluding hydrogens is 260 g/mol. The number of H-pyrrole nitrogens is 1. The molecule has 1 aromatic carbocycles. The van der Waals surface area contributed by atoms with Gasteiger partial charge in [0.05, 0.1) is 11.9 Å². The highest BCUT2D eigenvalue weighted by Crippen LogP contribution is 2.24. The number of nitrogens with one attached hydrogen (secondary N) is 1. The summed E-state index contributed by atoms with van der Waals surface area (Å²) in [6.45, 7) is 9.86. The van der Waals surface area contributed by atoms with E-state index in [1.54, 1.807) is 0 Å². The van der Waals surface area contributed by atoms with Crippen LogP contribution in [0.5, 0.6) is 0 Å². The summed E-state index contributed by atoms with van der Waals surface area (Å²) in [6.07, 6.45) is 1.98. The van der Waals surface area contributed by atoms with Crippen LogP contribution in [-0.2, 0) is 6.54 Å². The Hall–Kier alpha value is -1.65. The highest BCUT2D eigenvalue weighted by Gasteiger charge is 2.17. The number of piperazine rings is 1. The molecule has 1 fully saturated rings. The van der Waals surface area contributed by atoms with E-state index in [0.717, 1.165) is 38.4 Å². The van der Waals surface area contributed by atoms with Crippen molar-refractivity contribution < 1.29 is 0 Å². The average molecular weight is 284 g/mol. The van der Waals surface area contributed by atoms with Crippen molar-refractivity contribution in [3.63, 3.8) is 0 Å². The smallest absolute Gasteiger partial charge is 0.0695 e. The van der Waals surface area contributed by atoms with Gasteiger partial charge < -0.3 is 4.90 Å². The van der Waals surface area contributed by atoms with Crippen LogP contribution in [0.3, 0.4) is 0 Å². The highest BCUT2D eigenvalue weighted by molar-refractivity contribution is 5.64. The minimum Gasteiger partial charge on any atom is -0.304 e. The molecule has 112 valence electrons. The molecule has 0 atom stereocenters. The Balaban J connectivity index is 1.79. The molecule has 4 heteroatoms. The van der Waals surface area contributed by atoms with Gasteiger partial charge in [-0.15, -0.1) is 0 Å². The summed E-state index contributed by atoms with van der Waals surface area (Å²) >= 11 is 0. The lowest BCUT2D eigenvalue weighted by Crippen LogP contribution is -2.43. The number of aromatic amines is 1. The third-order valence-electron chi connectivity index (χ3n) is 4.50. The quantitative estimate of drug-likeness (QED) is 0.940. The first kappa shape index (κ1) is 14.3. The molecule has 1 N–H and O–H groups in total. The Bertz CT molecular complexity index is 609. The van der Waals surface area contributed by atoms with Crippen molar-refractivity contribution in [2.75, 3.05) is 33.2 Å². The highest BCUT2D eigenvalue weighted by atomic mass is 15.2. The summed E-state index contributed by atoms with van der Waals surface area (Å²) in [5, 5.41) is 7.45. The fourth-order valence-corrected chi connectivity index (χ4v) is 2.82. The van der Waals surface area contributed by atoms with Crippen LogP contribution >= 0.6 is 0 Å². The average Bonchev–Trinajstić information content (AvgIpc) is 2.92. The second kappa shape index (κ2) is 6.00. The molecule has 3 rings (SSSR count). The molecule has 0 unspecified atom stereocenters. The summed E-state index contributed by atoms with van der Waals surface area (Å²) in [7, 11) is 2.19. The molecule has 4 nitrogen and oxygen atoms in total. The number of nitrogens with zero attached hydrogens (tertiary/aromatic N) is 3. The van der Waals surface area contributed by atoms with Crippen molar-refractivity contribution in [2.45, 2.75) is 20.4 Å². The number of aromatic nitrogens is 2. The minimum atomic E-state index is 0.979. The standard InChI is InChI=1S/C17H24N4/c1-13-4-5-15(10-14(13)2)17-16(11-18-19-17)12-21-8-6-20(3)7-9-21/h4-5,10-11H,6-9,12H2,1-3H3,(H,18,19). The number of hydrogen-bond donors (Lipinski definition) is 1. The van der Waals surface area contributed by atoms with Gasteiger partial charge in [0.25, 0.3) is 0 Å².